The summed E-state index contributed by atoms with van der Waals surface area (Å²) in [5, 5.41) is 3.28. The quantitative estimate of drug-likeness (QED) is 0.821. The Balaban J connectivity index is 1.84. The predicted octanol–water partition coefficient (Wildman–Crippen LogP) is 1.11. The first-order chi connectivity index (χ1) is 9.25. The van der Waals surface area contributed by atoms with E-state index in [2.05, 4.69) is 29.4 Å². The first-order valence-corrected chi connectivity index (χ1v) is 7.10. The van der Waals surface area contributed by atoms with Crippen molar-refractivity contribution in [2.75, 3.05) is 44.7 Å². The molecule has 2 heterocycles. The number of nitrogens with zero attached hydrogens (tertiary/aromatic N) is 2. The molecule has 0 bridgehead atoms. The van der Waals surface area contributed by atoms with Gasteiger partial charge in [0.2, 0.25) is 0 Å². The lowest BCUT2D eigenvalue weighted by molar-refractivity contribution is 0.0736. The molecule has 1 fully saturated rings. The minimum atomic E-state index is 0.170. The van der Waals surface area contributed by atoms with Crippen LogP contribution in [0.25, 0.3) is 0 Å². The molecule has 19 heavy (non-hydrogen) atoms. The zero-order valence-electron chi connectivity index (χ0n) is 11.5. The Morgan fingerprint density at radius 2 is 2.00 bits per heavy atom. The van der Waals surface area contributed by atoms with Gasteiger partial charge < -0.3 is 15.1 Å². The molecule has 1 amide bonds. The summed E-state index contributed by atoms with van der Waals surface area (Å²) >= 11 is 0. The fourth-order valence-electron chi connectivity index (χ4n) is 2.94. The normalized spacial score (nSPS) is 19.2. The van der Waals surface area contributed by atoms with Crippen LogP contribution in [-0.2, 0) is 6.42 Å². The summed E-state index contributed by atoms with van der Waals surface area (Å²) in [7, 11) is 2.11. The lowest BCUT2D eigenvalue weighted by Crippen LogP contribution is -2.46. The number of hydrogen-bond donors (Lipinski definition) is 1. The van der Waals surface area contributed by atoms with Gasteiger partial charge in [-0.15, -0.1) is 0 Å². The first kappa shape index (κ1) is 12.5. The number of fused-ring (bicyclic) bond motifs is 1. The third-order valence-electron chi connectivity index (χ3n) is 4.09. The second kappa shape index (κ2) is 5.21. The Kier molecular flexibility index (Phi) is 3.42. The molecule has 4 nitrogen and oxygen atoms in total. The maximum absolute atomic E-state index is 12.5. The minimum Gasteiger partial charge on any atom is -0.374 e. The third kappa shape index (κ3) is 2.45. The monoisotopic (exact) mass is 259 g/mol. The van der Waals surface area contributed by atoms with E-state index in [1.54, 1.807) is 0 Å². The zero-order chi connectivity index (χ0) is 13.2. The van der Waals surface area contributed by atoms with Gasteiger partial charge in [-0.2, -0.15) is 0 Å². The number of nitrogens with one attached hydrogen (secondary N) is 1. The van der Waals surface area contributed by atoms with Crippen LogP contribution in [0, 0.1) is 0 Å². The van der Waals surface area contributed by atoms with Crippen molar-refractivity contribution in [1.29, 1.82) is 0 Å². The molecule has 1 saturated heterocycles. The Bertz CT molecular complexity index is 480. The summed E-state index contributed by atoms with van der Waals surface area (Å²) in [6.45, 7) is 4.50. The Morgan fingerprint density at radius 3 is 2.79 bits per heavy atom. The highest BCUT2D eigenvalue weighted by molar-refractivity contribution is 5.95. The van der Waals surface area contributed by atoms with Gasteiger partial charge >= 0.3 is 0 Å². The highest BCUT2D eigenvalue weighted by Crippen LogP contribution is 2.27. The predicted molar refractivity (Wildman–Crippen MR) is 76.8 cm³/mol. The highest BCUT2D eigenvalue weighted by atomic mass is 16.2. The molecule has 4 heteroatoms. The van der Waals surface area contributed by atoms with Crippen LogP contribution in [-0.4, -0.2) is 50.6 Å². The summed E-state index contributed by atoms with van der Waals surface area (Å²) in [4.78, 5) is 16.7. The van der Waals surface area contributed by atoms with Crippen LogP contribution in [0.1, 0.15) is 22.3 Å². The van der Waals surface area contributed by atoms with Gasteiger partial charge in [0.15, 0.2) is 0 Å². The summed E-state index contributed by atoms with van der Waals surface area (Å²) in [5.41, 5.74) is 3.42. The van der Waals surface area contributed by atoms with E-state index in [0.29, 0.717) is 0 Å². The van der Waals surface area contributed by atoms with Crippen molar-refractivity contribution in [3.63, 3.8) is 0 Å². The molecule has 0 radical (unpaired) electrons. The number of hydrogen-bond acceptors (Lipinski definition) is 3. The zero-order valence-corrected chi connectivity index (χ0v) is 11.5. The molecule has 0 aliphatic carbocycles. The van der Waals surface area contributed by atoms with Crippen LogP contribution >= 0.6 is 0 Å². The number of anilines is 1. The standard InChI is InChI=1S/C15H21N3O/c1-17-8-2-3-12-4-5-13(11-14(12)17)15(19)18-9-6-16-7-10-18/h4-5,11,16H,2-3,6-10H2,1H3. The number of piperazine rings is 1. The highest BCUT2D eigenvalue weighted by Gasteiger charge is 2.20. The number of carbonyl (C=O) groups excluding carboxylic acids is 1. The van der Waals surface area contributed by atoms with Gasteiger partial charge in [-0.3, -0.25) is 4.79 Å². The van der Waals surface area contributed by atoms with Crippen LogP contribution in [0.15, 0.2) is 18.2 Å². The van der Waals surface area contributed by atoms with Gasteiger partial charge in [-0.05, 0) is 30.5 Å². The lowest BCUT2D eigenvalue weighted by atomic mass is 9.99. The van der Waals surface area contributed by atoms with Crippen LogP contribution in [0.3, 0.4) is 0 Å². The fourth-order valence-corrected chi connectivity index (χ4v) is 2.94. The summed E-state index contributed by atoms with van der Waals surface area (Å²) < 4.78 is 0. The van der Waals surface area contributed by atoms with Crippen molar-refractivity contribution >= 4 is 11.6 Å². The number of amides is 1. The molecule has 0 saturated carbocycles. The summed E-state index contributed by atoms with van der Waals surface area (Å²) in [6.07, 6.45) is 2.33. The van der Waals surface area contributed by atoms with Crippen molar-refractivity contribution in [1.82, 2.24) is 10.2 Å². The summed E-state index contributed by atoms with van der Waals surface area (Å²) in [6, 6.07) is 6.18. The number of rotatable bonds is 1. The fraction of sp³-hybridized carbons (Fsp3) is 0.533. The Hall–Kier alpha value is -1.55. The van der Waals surface area contributed by atoms with Gasteiger partial charge in [0, 0.05) is 51.0 Å². The van der Waals surface area contributed by atoms with Crippen LogP contribution < -0.4 is 10.2 Å². The van der Waals surface area contributed by atoms with Gasteiger partial charge in [-0.25, -0.2) is 0 Å². The molecule has 0 atom stereocenters. The average Bonchev–Trinajstić information content (AvgIpc) is 2.47. The number of carbonyl (C=O) groups is 1. The van der Waals surface area contributed by atoms with Crippen LogP contribution in [0.5, 0.6) is 0 Å². The molecule has 1 aromatic rings. The number of benzene rings is 1. The smallest absolute Gasteiger partial charge is 0.254 e. The molecular formula is C15H21N3O. The van der Waals surface area contributed by atoms with Gasteiger partial charge in [0.25, 0.3) is 5.91 Å². The van der Waals surface area contributed by atoms with Crippen molar-refractivity contribution in [2.45, 2.75) is 12.8 Å². The maximum Gasteiger partial charge on any atom is 0.254 e. The average molecular weight is 259 g/mol. The Labute approximate surface area is 114 Å². The lowest BCUT2D eigenvalue weighted by Gasteiger charge is -2.30. The van der Waals surface area contributed by atoms with E-state index in [1.807, 2.05) is 11.0 Å². The molecule has 2 aliphatic rings. The molecule has 0 aromatic heterocycles. The van der Waals surface area contributed by atoms with Crippen LogP contribution in [0.4, 0.5) is 5.69 Å². The molecule has 102 valence electrons. The maximum atomic E-state index is 12.5. The molecule has 1 N–H and O–H groups in total. The molecule has 0 spiro atoms. The molecule has 2 aliphatic heterocycles. The largest absolute Gasteiger partial charge is 0.374 e. The third-order valence-corrected chi connectivity index (χ3v) is 4.09. The van der Waals surface area contributed by atoms with Crippen molar-refractivity contribution in [2.24, 2.45) is 0 Å². The van der Waals surface area contributed by atoms with E-state index in [0.717, 1.165) is 44.7 Å². The van der Waals surface area contributed by atoms with E-state index in [9.17, 15) is 4.79 Å². The van der Waals surface area contributed by atoms with E-state index in [1.165, 1.54) is 17.7 Å². The van der Waals surface area contributed by atoms with Gasteiger partial charge in [-0.1, -0.05) is 6.07 Å². The SMILES string of the molecule is CN1CCCc2ccc(C(=O)N3CCNCC3)cc21. The summed E-state index contributed by atoms with van der Waals surface area (Å²) in [5.74, 6) is 0.170. The topological polar surface area (TPSA) is 35.6 Å². The molecule has 3 rings (SSSR count). The molecular weight excluding hydrogens is 238 g/mol. The van der Waals surface area contributed by atoms with E-state index in [4.69, 9.17) is 0 Å². The second-order valence-corrected chi connectivity index (χ2v) is 5.41. The Morgan fingerprint density at radius 1 is 1.21 bits per heavy atom. The van der Waals surface area contributed by atoms with E-state index in [-0.39, 0.29) is 5.91 Å². The number of aryl methyl sites for hydroxylation is 1. The minimum absolute atomic E-state index is 0.170. The molecule has 1 aromatic carbocycles. The second-order valence-electron chi connectivity index (χ2n) is 5.41. The van der Waals surface area contributed by atoms with E-state index < -0.39 is 0 Å². The van der Waals surface area contributed by atoms with Crippen molar-refractivity contribution in [3.05, 3.63) is 29.3 Å². The molecule has 0 unspecified atom stereocenters. The van der Waals surface area contributed by atoms with Gasteiger partial charge in [0.05, 0.1) is 0 Å². The van der Waals surface area contributed by atoms with Crippen LogP contribution in [0.2, 0.25) is 0 Å². The van der Waals surface area contributed by atoms with Crippen molar-refractivity contribution < 1.29 is 4.79 Å². The van der Waals surface area contributed by atoms with Gasteiger partial charge in [0.1, 0.15) is 0 Å². The first-order valence-electron chi connectivity index (χ1n) is 7.10. The van der Waals surface area contributed by atoms with Crippen molar-refractivity contribution in [3.8, 4) is 0 Å². The van der Waals surface area contributed by atoms with E-state index >= 15 is 0 Å².